The van der Waals surface area contributed by atoms with Gasteiger partial charge in [-0.15, -0.1) is 0 Å². The highest BCUT2D eigenvalue weighted by Crippen LogP contribution is 2.16. The molecule has 27 heavy (non-hydrogen) atoms. The fourth-order valence-electron chi connectivity index (χ4n) is 2.79. The Balaban J connectivity index is 1.68. The SMILES string of the molecule is O=C(Nc1ccc(Cl)cc1)c1cccc(-n2cnc3ccccc3c2=O)c1. The molecule has 0 saturated carbocycles. The maximum atomic E-state index is 12.7. The molecule has 1 amide bonds. The van der Waals surface area contributed by atoms with Crippen molar-refractivity contribution in [3.05, 3.63) is 100 Å². The Morgan fingerprint density at radius 2 is 1.74 bits per heavy atom. The van der Waals surface area contributed by atoms with Crippen LogP contribution in [0, 0.1) is 0 Å². The lowest BCUT2D eigenvalue weighted by Crippen LogP contribution is -2.19. The summed E-state index contributed by atoms with van der Waals surface area (Å²) in [6.45, 7) is 0. The summed E-state index contributed by atoms with van der Waals surface area (Å²) in [5, 5.41) is 3.93. The van der Waals surface area contributed by atoms with Gasteiger partial charge in [0, 0.05) is 16.3 Å². The molecule has 0 bridgehead atoms. The van der Waals surface area contributed by atoms with Crippen molar-refractivity contribution >= 4 is 34.1 Å². The van der Waals surface area contributed by atoms with Crippen LogP contribution in [0.2, 0.25) is 5.02 Å². The molecule has 1 heterocycles. The second kappa shape index (κ2) is 7.05. The predicted octanol–water partition coefficient (Wildman–Crippen LogP) is 4.29. The summed E-state index contributed by atoms with van der Waals surface area (Å²) in [7, 11) is 0. The van der Waals surface area contributed by atoms with Crippen molar-refractivity contribution < 1.29 is 4.79 Å². The van der Waals surface area contributed by atoms with Crippen LogP contribution in [0.25, 0.3) is 16.6 Å². The first-order valence-corrected chi connectivity index (χ1v) is 8.63. The number of nitrogens with zero attached hydrogens (tertiary/aromatic N) is 2. The van der Waals surface area contributed by atoms with Gasteiger partial charge in [-0.2, -0.15) is 0 Å². The van der Waals surface area contributed by atoms with Crippen LogP contribution in [0.1, 0.15) is 10.4 Å². The average molecular weight is 376 g/mol. The first kappa shape index (κ1) is 17.0. The number of nitrogens with one attached hydrogen (secondary N) is 1. The van der Waals surface area contributed by atoms with Gasteiger partial charge >= 0.3 is 0 Å². The normalized spacial score (nSPS) is 10.7. The zero-order valence-corrected chi connectivity index (χ0v) is 14.9. The van der Waals surface area contributed by atoms with Crippen LogP contribution >= 0.6 is 11.6 Å². The molecule has 4 rings (SSSR count). The monoisotopic (exact) mass is 375 g/mol. The van der Waals surface area contributed by atoms with Gasteiger partial charge in [0.1, 0.15) is 6.33 Å². The molecule has 0 atom stereocenters. The molecule has 0 aliphatic carbocycles. The van der Waals surface area contributed by atoms with E-state index >= 15 is 0 Å². The minimum absolute atomic E-state index is 0.184. The molecule has 0 fully saturated rings. The summed E-state index contributed by atoms with van der Waals surface area (Å²) in [4.78, 5) is 29.6. The molecule has 5 nitrogen and oxygen atoms in total. The molecule has 0 spiro atoms. The number of hydrogen-bond acceptors (Lipinski definition) is 3. The molecule has 1 aromatic heterocycles. The second-order valence-corrected chi connectivity index (χ2v) is 6.38. The fourth-order valence-corrected chi connectivity index (χ4v) is 2.91. The topological polar surface area (TPSA) is 64.0 Å². The number of benzene rings is 3. The minimum Gasteiger partial charge on any atom is -0.322 e. The number of hydrogen-bond donors (Lipinski definition) is 1. The lowest BCUT2D eigenvalue weighted by atomic mass is 10.1. The van der Waals surface area contributed by atoms with Crippen molar-refractivity contribution in [2.24, 2.45) is 0 Å². The van der Waals surface area contributed by atoms with Gasteiger partial charge in [-0.05, 0) is 54.6 Å². The van der Waals surface area contributed by atoms with Crippen LogP contribution < -0.4 is 10.9 Å². The van der Waals surface area contributed by atoms with Crippen molar-refractivity contribution in [2.45, 2.75) is 0 Å². The molecule has 1 N–H and O–H groups in total. The highest BCUT2D eigenvalue weighted by molar-refractivity contribution is 6.30. The molecule has 0 aliphatic rings. The molecule has 6 heteroatoms. The number of anilines is 1. The highest BCUT2D eigenvalue weighted by Gasteiger charge is 2.10. The quantitative estimate of drug-likeness (QED) is 0.581. The Labute approximate surface area is 159 Å². The molecule has 0 unspecified atom stereocenters. The van der Waals surface area contributed by atoms with Gasteiger partial charge in [-0.25, -0.2) is 4.98 Å². The summed E-state index contributed by atoms with van der Waals surface area (Å²) in [5.74, 6) is -0.277. The predicted molar refractivity (Wildman–Crippen MR) is 107 cm³/mol. The Hall–Kier alpha value is -3.44. The van der Waals surface area contributed by atoms with E-state index in [1.54, 1.807) is 66.7 Å². The van der Waals surface area contributed by atoms with Crippen molar-refractivity contribution in [1.29, 1.82) is 0 Å². The Morgan fingerprint density at radius 3 is 2.56 bits per heavy atom. The van der Waals surface area contributed by atoms with E-state index < -0.39 is 0 Å². The number of aromatic nitrogens is 2. The van der Waals surface area contributed by atoms with E-state index in [1.807, 2.05) is 6.07 Å². The zero-order chi connectivity index (χ0) is 18.8. The van der Waals surface area contributed by atoms with Gasteiger partial charge in [0.15, 0.2) is 0 Å². The molecule has 132 valence electrons. The smallest absolute Gasteiger partial charge is 0.265 e. The van der Waals surface area contributed by atoms with Crippen LogP contribution in [0.15, 0.2) is 83.9 Å². The molecule has 3 aromatic carbocycles. The minimum atomic E-state index is -0.277. The van der Waals surface area contributed by atoms with Gasteiger partial charge < -0.3 is 5.32 Å². The Bertz CT molecular complexity index is 1200. The van der Waals surface area contributed by atoms with E-state index in [9.17, 15) is 9.59 Å². The molecule has 0 saturated heterocycles. The average Bonchev–Trinajstić information content (AvgIpc) is 2.70. The number of halogens is 1. The van der Waals surface area contributed by atoms with Crippen molar-refractivity contribution in [1.82, 2.24) is 9.55 Å². The number of carbonyl (C=O) groups is 1. The summed E-state index contributed by atoms with van der Waals surface area (Å²) < 4.78 is 1.43. The van der Waals surface area contributed by atoms with E-state index in [2.05, 4.69) is 10.3 Å². The lowest BCUT2D eigenvalue weighted by Gasteiger charge is -2.09. The molecule has 0 aliphatic heterocycles. The highest BCUT2D eigenvalue weighted by atomic mass is 35.5. The summed E-state index contributed by atoms with van der Waals surface area (Å²) in [6.07, 6.45) is 1.47. The summed E-state index contributed by atoms with van der Waals surface area (Å²) in [6, 6.07) is 20.8. The summed E-state index contributed by atoms with van der Waals surface area (Å²) in [5.41, 5.74) is 2.09. The number of rotatable bonds is 3. The van der Waals surface area contributed by atoms with Gasteiger partial charge in [0.25, 0.3) is 11.5 Å². The van der Waals surface area contributed by atoms with Crippen molar-refractivity contribution in [3.63, 3.8) is 0 Å². The fraction of sp³-hybridized carbons (Fsp3) is 0. The van der Waals surface area contributed by atoms with Crippen LogP contribution in [0.5, 0.6) is 0 Å². The van der Waals surface area contributed by atoms with E-state index in [1.165, 1.54) is 10.9 Å². The third-order valence-electron chi connectivity index (χ3n) is 4.15. The molecular weight excluding hydrogens is 362 g/mol. The first-order chi connectivity index (χ1) is 13.1. The van der Waals surface area contributed by atoms with E-state index in [0.29, 0.717) is 32.9 Å². The number of carbonyl (C=O) groups excluding carboxylic acids is 1. The zero-order valence-electron chi connectivity index (χ0n) is 14.1. The van der Waals surface area contributed by atoms with Crippen LogP contribution in [-0.4, -0.2) is 15.5 Å². The van der Waals surface area contributed by atoms with Gasteiger partial charge in [0.05, 0.1) is 16.6 Å². The third kappa shape index (κ3) is 3.45. The van der Waals surface area contributed by atoms with Crippen LogP contribution in [-0.2, 0) is 0 Å². The van der Waals surface area contributed by atoms with Gasteiger partial charge in [0.2, 0.25) is 0 Å². The Kier molecular flexibility index (Phi) is 4.44. The second-order valence-electron chi connectivity index (χ2n) is 5.95. The molecule has 4 aromatic rings. The van der Waals surface area contributed by atoms with Crippen LogP contribution in [0.3, 0.4) is 0 Å². The van der Waals surface area contributed by atoms with Gasteiger partial charge in [-0.1, -0.05) is 29.8 Å². The van der Waals surface area contributed by atoms with E-state index in [-0.39, 0.29) is 11.5 Å². The number of para-hydroxylation sites is 1. The first-order valence-electron chi connectivity index (χ1n) is 8.25. The van der Waals surface area contributed by atoms with Gasteiger partial charge in [-0.3, -0.25) is 14.2 Å². The van der Waals surface area contributed by atoms with E-state index in [0.717, 1.165) is 0 Å². The molecular formula is C21H14ClN3O2. The molecule has 0 radical (unpaired) electrons. The maximum Gasteiger partial charge on any atom is 0.265 e. The van der Waals surface area contributed by atoms with Crippen molar-refractivity contribution in [2.75, 3.05) is 5.32 Å². The standard InChI is InChI=1S/C21H14ClN3O2/c22-15-8-10-16(11-9-15)24-20(26)14-4-3-5-17(12-14)25-13-23-19-7-2-1-6-18(19)21(25)27/h1-13H,(H,24,26). The maximum absolute atomic E-state index is 12.7. The van der Waals surface area contributed by atoms with Crippen LogP contribution in [0.4, 0.5) is 5.69 Å². The Morgan fingerprint density at radius 1 is 0.963 bits per heavy atom. The van der Waals surface area contributed by atoms with E-state index in [4.69, 9.17) is 11.6 Å². The summed E-state index contributed by atoms with van der Waals surface area (Å²) >= 11 is 5.86. The van der Waals surface area contributed by atoms with Crippen molar-refractivity contribution in [3.8, 4) is 5.69 Å². The number of fused-ring (bicyclic) bond motifs is 1. The number of amides is 1. The third-order valence-corrected chi connectivity index (χ3v) is 4.41. The largest absolute Gasteiger partial charge is 0.322 e. The lowest BCUT2D eigenvalue weighted by molar-refractivity contribution is 0.102.